The Morgan fingerprint density at radius 3 is 2.38 bits per heavy atom. The Morgan fingerprint density at radius 2 is 1.78 bits per heavy atom. The first-order valence-electron chi connectivity index (χ1n) is 12.2. The molecule has 0 aromatic heterocycles. The van der Waals surface area contributed by atoms with Crippen LogP contribution in [0.4, 0.5) is 0 Å². The second kappa shape index (κ2) is 13.2. The number of nitrogens with one attached hydrogen (secondary N) is 2. The Bertz CT molecular complexity index is 999. The maximum Gasteiger partial charge on any atom is 0.326 e. The minimum absolute atomic E-state index is 0.0622. The Kier molecular flexibility index (Phi) is 10.3. The first-order chi connectivity index (χ1) is 17.7. The van der Waals surface area contributed by atoms with Crippen LogP contribution in [0.3, 0.4) is 0 Å². The highest BCUT2D eigenvalue weighted by atomic mass is 32.2. The Balaban J connectivity index is 1.78. The fourth-order valence-electron chi connectivity index (χ4n) is 4.82. The van der Waals surface area contributed by atoms with Crippen LogP contribution in [-0.2, 0) is 19.2 Å². The van der Waals surface area contributed by atoms with Crippen LogP contribution < -0.4 is 10.6 Å². The lowest BCUT2D eigenvalue weighted by Crippen LogP contribution is -2.58. The largest absolute Gasteiger partial charge is 0.481 e. The summed E-state index contributed by atoms with van der Waals surface area (Å²) < 4.78 is 0. The normalized spacial score (nSPS) is 23.9. The summed E-state index contributed by atoms with van der Waals surface area (Å²) in [5.41, 5.74) is 0.438. The van der Waals surface area contributed by atoms with E-state index < -0.39 is 34.8 Å². The number of hydrogen-bond donors (Lipinski definition) is 4. The molecule has 10 nitrogen and oxygen atoms in total. The highest BCUT2D eigenvalue weighted by molar-refractivity contribution is 8.01. The summed E-state index contributed by atoms with van der Waals surface area (Å²) in [6.07, 6.45) is 3.95. The van der Waals surface area contributed by atoms with E-state index in [1.165, 1.54) is 23.5 Å². The molecule has 3 amide bonds. The number of carboxylic acids is 2. The second-order valence-corrected chi connectivity index (χ2v) is 11.6. The van der Waals surface area contributed by atoms with Crippen molar-refractivity contribution in [2.24, 2.45) is 5.92 Å². The van der Waals surface area contributed by atoms with Crippen LogP contribution >= 0.6 is 23.5 Å². The van der Waals surface area contributed by atoms with Crippen LogP contribution in [0, 0.1) is 5.92 Å². The van der Waals surface area contributed by atoms with Gasteiger partial charge in [-0.3, -0.25) is 19.2 Å². The van der Waals surface area contributed by atoms with Gasteiger partial charge < -0.3 is 25.7 Å². The SMILES string of the molecule is CSCC[C@H](NC(=O)[C@@H]1CSC2(CCC(C(=O)NCCC(=O)O)CC2)N1C(=O)c1ccccc1)C(=O)O. The zero-order chi connectivity index (χ0) is 27.0. The van der Waals surface area contributed by atoms with E-state index in [-0.39, 0.29) is 37.1 Å². The van der Waals surface area contributed by atoms with E-state index in [0.717, 1.165) is 0 Å². The number of rotatable bonds is 11. The molecule has 1 aliphatic heterocycles. The van der Waals surface area contributed by atoms with Crippen molar-refractivity contribution in [3.05, 3.63) is 35.9 Å². The Morgan fingerprint density at radius 1 is 1.11 bits per heavy atom. The Labute approximate surface area is 224 Å². The van der Waals surface area contributed by atoms with E-state index in [4.69, 9.17) is 5.11 Å². The lowest BCUT2D eigenvalue weighted by Gasteiger charge is -2.44. The third kappa shape index (κ3) is 7.19. The molecule has 1 heterocycles. The van der Waals surface area contributed by atoms with E-state index in [0.29, 0.717) is 42.8 Å². The smallest absolute Gasteiger partial charge is 0.326 e. The number of amides is 3. The van der Waals surface area contributed by atoms with Gasteiger partial charge in [-0.05, 0) is 56.2 Å². The maximum absolute atomic E-state index is 13.7. The van der Waals surface area contributed by atoms with Gasteiger partial charge in [0, 0.05) is 23.8 Å². The topological polar surface area (TPSA) is 153 Å². The van der Waals surface area contributed by atoms with Crippen molar-refractivity contribution in [3.8, 4) is 0 Å². The number of thioether (sulfide) groups is 2. The summed E-state index contributed by atoms with van der Waals surface area (Å²) in [6, 6.07) is 6.79. The molecule has 3 rings (SSSR count). The molecule has 1 saturated heterocycles. The third-order valence-corrected chi connectivity index (χ3v) is 9.07. The number of nitrogens with zero attached hydrogens (tertiary/aromatic N) is 1. The van der Waals surface area contributed by atoms with Crippen molar-refractivity contribution in [2.45, 2.75) is 55.5 Å². The molecule has 37 heavy (non-hydrogen) atoms. The standard InChI is InChI=1S/C25H33N3O7S2/c1-36-14-10-18(24(34)35)27-22(32)19-15-37-25(28(19)23(33)17-5-3-2-4-6-17)11-7-16(8-12-25)21(31)26-13-9-20(29)30/h2-6,16,18-19H,7-15H2,1H3,(H,26,31)(H,27,32)(H,29,30)(H,34,35)/t16?,18-,19-,25?/m0/s1. The lowest BCUT2D eigenvalue weighted by molar-refractivity contribution is -0.142. The van der Waals surface area contributed by atoms with Crippen molar-refractivity contribution >= 4 is 53.2 Å². The van der Waals surface area contributed by atoms with Crippen LogP contribution in [0.5, 0.6) is 0 Å². The number of hydrogen-bond acceptors (Lipinski definition) is 7. The average molecular weight is 552 g/mol. The molecule has 0 radical (unpaired) electrons. The maximum atomic E-state index is 13.7. The van der Waals surface area contributed by atoms with Gasteiger partial charge in [-0.1, -0.05) is 18.2 Å². The molecular weight excluding hydrogens is 518 g/mol. The van der Waals surface area contributed by atoms with E-state index in [9.17, 15) is 29.1 Å². The zero-order valence-electron chi connectivity index (χ0n) is 20.7. The summed E-state index contributed by atoms with van der Waals surface area (Å²) in [5, 5.41) is 23.7. The van der Waals surface area contributed by atoms with Gasteiger partial charge >= 0.3 is 11.9 Å². The fraction of sp³-hybridized carbons (Fsp3) is 0.560. The molecule has 2 fully saturated rings. The van der Waals surface area contributed by atoms with E-state index in [1.807, 2.05) is 6.26 Å². The van der Waals surface area contributed by atoms with Crippen LogP contribution in [-0.4, -0.2) is 86.0 Å². The zero-order valence-corrected chi connectivity index (χ0v) is 22.3. The molecule has 1 aromatic carbocycles. The minimum Gasteiger partial charge on any atom is -0.481 e. The summed E-state index contributed by atoms with van der Waals surface area (Å²) in [4.78, 5) is 63.0. The lowest BCUT2D eigenvalue weighted by atomic mass is 9.83. The van der Waals surface area contributed by atoms with E-state index >= 15 is 0 Å². The van der Waals surface area contributed by atoms with Gasteiger partial charge in [0.1, 0.15) is 12.1 Å². The molecule has 2 aliphatic rings. The molecule has 0 unspecified atom stereocenters. The second-order valence-electron chi connectivity index (χ2n) is 9.20. The molecule has 1 aliphatic carbocycles. The predicted molar refractivity (Wildman–Crippen MR) is 141 cm³/mol. The molecular formula is C25H33N3O7S2. The van der Waals surface area contributed by atoms with E-state index in [1.54, 1.807) is 35.2 Å². The van der Waals surface area contributed by atoms with Crippen LogP contribution in [0.15, 0.2) is 30.3 Å². The van der Waals surface area contributed by atoms with Crippen LogP contribution in [0.1, 0.15) is 48.9 Å². The molecule has 0 bridgehead atoms. The Hall–Kier alpha value is -2.73. The van der Waals surface area contributed by atoms with Crippen molar-refractivity contribution < 1.29 is 34.2 Å². The highest BCUT2D eigenvalue weighted by Crippen LogP contribution is 2.50. The predicted octanol–water partition coefficient (Wildman–Crippen LogP) is 2.04. The summed E-state index contributed by atoms with van der Waals surface area (Å²) in [6.45, 7) is 0.0622. The number of carboxylic acid groups (broad SMARTS) is 2. The van der Waals surface area contributed by atoms with Gasteiger partial charge in [0.25, 0.3) is 5.91 Å². The average Bonchev–Trinajstić information content (AvgIpc) is 3.24. The van der Waals surface area contributed by atoms with Crippen molar-refractivity contribution in [2.75, 3.05) is 24.3 Å². The molecule has 12 heteroatoms. The van der Waals surface area contributed by atoms with Gasteiger partial charge in [0.05, 0.1) is 11.3 Å². The van der Waals surface area contributed by atoms with Crippen molar-refractivity contribution in [1.29, 1.82) is 0 Å². The van der Waals surface area contributed by atoms with E-state index in [2.05, 4.69) is 10.6 Å². The number of carbonyl (C=O) groups is 5. The number of benzene rings is 1. The molecule has 1 saturated carbocycles. The van der Waals surface area contributed by atoms with Crippen molar-refractivity contribution in [3.63, 3.8) is 0 Å². The van der Waals surface area contributed by atoms with Gasteiger partial charge in [-0.15, -0.1) is 11.8 Å². The first-order valence-corrected chi connectivity index (χ1v) is 14.6. The monoisotopic (exact) mass is 551 g/mol. The molecule has 1 aromatic rings. The fourth-order valence-corrected chi connectivity index (χ4v) is 6.93. The molecule has 4 N–H and O–H groups in total. The van der Waals surface area contributed by atoms with Gasteiger partial charge in [-0.2, -0.15) is 11.8 Å². The minimum atomic E-state index is -1.11. The highest BCUT2D eigenvalue weighted by Gasteiger charge is 2.54. The van der Waals surface area contributed by atoms with Crippen LogP contribution in [0.25, 0.3) is 0 Å². The third-order valence-electron chi connectivity index (χ3n) is 6.80. The first kappa shape index (κ1) is 28.8. The van der Waals surface area contributed by atoms with Crippen molar-refractivity contribution in [1.82, 2.24) is 15.5 Å². The number of aliphatic carboxylic acids is 2. The van der Waals surface area contributed by atoms with Gasteiger partial charge in [-0.25, -0.2) is 4.79 Å². The number of carbonyl (C=O) groups excluding carboxylic acids is 3. The van der Waals surface area contributed by atoms with Crippen LogP contribution in [0.2, 0.25) is 0 Å². The molecule has 2 atom stereocenters. The molecule has 1 spiro atoms. The summed E-state index contributed by atoms with van der Waals surface area (Å²) in [5.74, 6) is -2.49. The summed E-state index contributed by atoms with van der Waals surface area (Å²) in [7, 11) is 0. The quantitative estimate of drug-likeness (QED) is 0.324. The molecule has 202 valence electrons. The summed E-state index contributed by atoms with van der Waals surface area (Å²) >= 11 is 3.00. The van der Waals surface area contributed by atoms with Gasteiger partial charge in [0.15, 0.2) is 0 Å². The van der Waals surface area contributed by atoms with Gasteiger partial charge in [0.2, 0.25) is 11.8 Å².